The molecule has 0 spiro atoms. The monoisotopic (exact) mass is 396 g/mol. The second-order valence-electron chi connectivity index (χ2n) is 6.83. The quantitative estimate of drug-likeness (QED) is 0.381. The average molecular weight is 396 g/mol. The van der Waals surface area contributed by atoms with Crippen LogP contribution in [0.25, 0.3) is 0 Å². The van der Waals surface area contributed by atoms with Crippen molar-refractivity contribution < 1.29 is 9.59 Å². The molecule has 148 valence electrons. The summed E-state index contributed by atoms with van der Waals surface area (Å²) in [6, 6.07) is 27.1. The second kappa shape index (κ2) is 8.96. The van der Waals surface area contributed by atoms with Crippen LogP contribution in [0, 0.1) is 0 Å². The van der Waals surface area contributed by atoms with Crippen LogP contribution in [0.15, 0.2) is 101 Å². The Hall–Kier alpha value is -4.06. The number of hydrazone groups is 2. The topological polar surface area (TPSA) is 82.9 Å². The minimum atomic E-state index is -0.747. The number of amides is 1. The summed E-state index contributed by atoms with van der Waals surface area (Å²) in [6.45, 7) is 0. The van der Waals surface area contributed by atoms with Gasteiger partial charge in [-0.15, -0.1) is 0 Å². The minimum absolute atomic E-state index is 0.208. The maximum atomic E-state index is 13.1. The summed E-state index contributed by atoms with van der Waals surface area (Å²) in [5, 5.41) is 8.28. The molecule has 1 amide bonds. The van der Waals surface area contributed by atoms with Crippen LogP contribution in [0.1, 0.15) is 27.4 Å². The summed E-state index contributed by atoms with van der Waals surface area (Å²) >= 11 is 0. The van der Waals surface area contributed by atoms with Gasteiger partial charge in [-0.05, 0) is 11.1 Å². The van der Waals surface area contributed by atoms with E-state index in [9.17, 15) is 9.59 Å². The van der Waals surface area contributed by atoms with Gasteiger partial charge in [0.25, 0.3) is 5.91 Å². The predicted molar refractivity (Wildman–Crippen MR) is 116 cm³/mol. The lowest BCUT2D eigenvalue weighted by molar-refractivity contribution is -0.123. The van der Waals surface area contributed by atoms with Crippen LogP contribution in [0.4, 0.5) is 0 Å². The van der Waals surface area contributed by atoms with Crippen molar-refractivity contribution in [3.05, 3.63) is 108 Å². The molecule has 2 N–H and O–H groups in total. The predicted octanol–water partition coefficient (Wildman–Crippen LogP) is 3.13. The molecule has 0 aromatic heterocycles. The van der Waals surface area contributed by atoms with Gasteiger partial charge >= 0.3 is 0 Å². The van der Waals surface area contributed by atoms with E-state index in [-0.39, 0.29) is 11.7 Å². The number of hydrogen-bond acceptors (Lipinski definition) is 5. The molecule has 4 rings (SSSR count). The van der Waals surface area contributed by atoms with E-state index in [1.165, 1.54) is 0 Å². The van der Waals surface area contributed by atoms with E-state index in [1.54, 1.807) is 30.5 Å². The Balaban J connectivity index is 1.56. The number of carbonyl (C=O) groups is 2. The maximum Gasteiger partial charge on any atom is 0.265 e. The molecule has 2 unspecified atom stereocenters. The Morgan fingerprint density at radius 2 is 1.47 bits per heavy atom. The van der Waals surface area contributed by atoms with Crippen LogP contribution in [0.2, 0.25) is 0 Å². The third-order valence-electron chi connectivity index (χ3n) is 4.85. The highest BCUT2D eigenvalue weighted by atomic mass is 16.2. The Kier molecular flexibility index (Phi) is 5.75. The van der Waals surface area contributed by atoms with Crippen molar-refractivity contribution in [3.63, 3.8) is 0 Å². The van der Waals surface area contributed by atoms with Crippen molar-refractivity contribution in [1.29, 1.82) is 0 Å². The lowest BCUT2D eigenvalue weighted by Crippen LogP contribution is -2.43. The summed E-state index contributed by atoms with van der Waals surface area (Å²) in [5.74, 6) is -1.10. The third-order valence-corrected chi connectivity index (χ3v) is 4.85. The van der Waals surface area contributed by atoms with Crippen molar-refractivity contribution >= 4 is 23.6 Å². The first-order valence-corrected chi connectivity index (χ1v) is 9.60. The van der Waals surface area contributed by atoms with Crippen molar-refractivity contribution in [3.8, 4) is 0 Å². The molecule has 30 heavy (non-hydrogen) atoms. The fourth-order valence-corrected chi connectivity index (χ4v) is 3.37. The molecule has 3 aromatic rings. The summed E-state index contributed by atoms with van der Waals surface area (Å²) < 4.78 is 0. The van der Waals surface area contributed by atoms with Gasteiger partial charge in [0, 0.05) is 5.56 Å². The molecule has 0 aliphatic carbocycles. The number of hydrogen-bond donors (Lipinski definition) is 2. The van der Waals surface area contributed by atoms with E-state index in [1.807, 2.05) is 66.7 Å². The zero-order chi connectivity index (χ0) is 20.8. The van der Waals surface area contributed by atoms with Crippen LogP contribution >= 0.6 is 0 Å². The zero-order valence-electron chi connectivity index (χ0n) is 16.1. The molecule has 0 saturated carbocycles. The van der Waals surface area contributed by atoms with E-state index in [0.717, 1.165) is 11.1 Å². The lowest BCUT2D eigenvalue weighted by atomic mass is 9.85. The van der Waals surface area contributed by atoms with Gasteiger partial charge in [0.15, 0.2) is 0 Å². The zero-order valence-corrected chi connectivity index (χ0v) is 16.1. The fraction of sp³-hybridized carbons (Fsp3) is 0.0833. The van der Waals surface area contributed by atoms with Gasteiger partial charge in [0.2, 0.25) is 5.78 Å². The number of Topliss-reactive ketones (excluding diaryl/α,β-unsaturated/α-hetero) is 1. The number of nitrogens with one attached hydrogen (secondary N) is 2. The van der Waals surface area contributed by atoms with Crippen LogP contribution < -0.4 is 10.9 Å². The Morgan fingerprint density at radius 3 is 2.13 bits per heavy atom. The Bertz CT molecular complexity index is 1080. The molecule has 0 fully saturated rings. The highest BCUT2D eigenvalue weighted by Gasteiger charge is 2.41. The molecule has 6 nitrogen and oxygen atoms in total. The molecule has 3 aromatic carbocycles. The molecule has 2 atom stereocenters. The molecular formula is C24H20N4O2. The van der Waals surface area contributed by atoms with E-state index < -0.39 is 12.0 Å². The highest BCUT2D eigenvalue weighted by molar-refractivity contribution is 6.48. The highest BCUT2D eigenvalue weighted by Crippen LogP contribution is 2.28. The van der Waals surface area contributed by atoms with E-state index in [0.29, 0.717) is 11.3 Å². The lowest BCUT2D eigenvalue weighted by Gasteiger charge is -2.19. The number of ketones is 1. The maximum absolute atomic E-state index is 13.1. The fourth-order valence-electron chi connectivity index (χ4n) is 3.37. The molecule has 0 saturated heterocycles. The van der Waals surface area contributed by atoms with Gasteiger partial charge in [-0.3, -0.25) is 15.0 Å². The number of rotatable bonds is 6. The molecule has 1 aliphatic rings. The van der Waals surface area contributed by atoms with Crippen LogP contribution in [0.3, 0.4) is 0 Å². The first-order valence-electron chi connectivity index (χ1n) is 9.60. The Labute approximate surface area is 174 Å². The standard InChI is InChI=1S/C24H20N4O2/c29-23(19-14-8-3-9-15-19)21-20(18-12-6-2-7-13-18)22(27-26-21)24(30)28-25-16-17-10-4-1-5-11-17/h1-16,20,22,27H,(H,28,30)/b25-16+. The first-order chi connectivity index (χ1) is 14.7. The largest absolute Gasteiger partial charge is 0.296 e. The normalized spacial score (nSPS) is 17.9. The minimum Gasteiger partial charge on any atom is -0.296 e. The molecular weight excluding hydrogens is 376 g/mol. The van der Waals surface area contributed by atoms with Gasteiger partial charge < -0.3 is 0 Å². The Morgan fingerprint density at radius 1 is 0.867 bits per heavy atom. The second-order valence-corrected chi connectivity index (χ2v) is 6.83. The van der Waals surface area contributed by atoms with E-state index in [4.69, 9.17) is 0 Å². The van der Waals surface area contributed by atoms with E-state index in [2.05, 4.69) is 21.1 Å². The van der Waals surface area contributed by atoms with Crippen LogP contribution in [-0.4, -0.2) is 29.7 Å². The number of nitrogens with zero attached hydrogens (tertiary/aromatic N) is 2. The first kappa shape index (κ1) is 19.3. The van der Waals surface area contributed by atoms with Crippen molar-refractivity contribution in [1.82, 2.24) is 10.9 Å². The molecule has 1 heterocycles. The third kappa shape index (κ3) is 4.17. The average Bonchev–Trinajstić information content (AvgIpc) is 3.26. The molecule has 0 radical (unpaired) electrons. The van der Waals surface area contributed by atoms with Crippen LogP contribution in [-0.2, 0) is 4.79 Å². The van der Waals surface area contributed by atoms with Crippen molar-refractivity contribution in [2.24, 2.45) is 10.2 Å². The van der Waals surface area contributed by atoms with Gasteiger partial charge in [-0.25, -0.2) is 5.43 Å². The van der Waals surface area contributed by atoms with Crippen molar-refractivity contribution in [2.45, 2.75) is 12.0 Å². The van der Waals surface area contributed by atoms with Crippen LogP contribution in [0.5, 0.6) is 0 Å². The smallest absolute Gasteiger partial charge is 0.265 e. The summed E-state index contributed by atoms with van der Waals surface area (Å²) in [6.07, 6.45) is 1.57. The SMILES string of the molecule is O=C(C1=NNC(C(=O)N/N=C/c2ccccc2)C1c1ccccc1)c1ccccc1. The van der Waals surface area contributed by atoms with Gasteiger partial charge in [-0.1, -0.05) is 91.0 Å². The molecule has 0 bridgehead atoms. The van der Waals surface area contributed by atoms with E-state index >= 15 is 0 Å². The van der Waals surface area contributed by atoms with Gasteiger partial charge in [0.1, 0.15) is 11.8 Å². The summed E-state index contributed by atoms with van der Waals surface area (Å²) in [7, 11) is 0. The summed E-state index contributed by atoms with van der Waals surface area (Å²) in [4.78, 5) is 25.9. The van der Waals surface area contributed by atoms with Gasteiger partial charge in [-0.2, -0.15) is 10.2 Å². The summed E-state index contributed by atoms with van der Waals surface area (Å²) in [5.41, 5.74) is 7.93. The van der Waals surface area contributed by atoms with Gasteiger partial charge in [0.05, 0.1) is 12.1 Å². The molecule has 1 aliphatic heterocycles. The number of carbonyl (C=O) groups excluding carboxylic acids is 2. The number of benzene rings is 3. The van der Waals surface area contributed by atoms with Crippen molar-refractivity contribution in [2.75, 3.05) is 0 Å². The molecule has 6 heteroatoms.